The van der Waals surface area contributed by atoms with Gasteiger partial charge in [-0.2, -0.15) is 0 Å². The third kappa shape index (κ3) is 12.5. The number of amides is 4. The third-order valence-electron chi connectivity index (χ3n) is 7.85. The second-order valence-electron chi connectivity index (χ2n) is 14.4. The molecule has 1 aliphatic heterocycles. The van der Waals surface area contributed by atoms with Crippen molar-refractivity contribution in [1.29, 1.82) is 0 Å². The highest BCUT2D eigenvalue weighted by Crippen LogP contribution is 2.34. The summed E-state index contributed by atoms with van der Waals surface area (Å²) in [5, 5.41) is 6.94. The van der Waals surface area contributed by atoms with Gasteiger partial charge in [0.25, 0.3) is 11.7 Å². The largest absolute Gasteiger partial charge is 0.444 e. The Labute approximate surface area is 284 Å². The summed E-state index contributed by atoms with van der Waals surface area (Å²) in [6.45, 7) is 22.8. The van der Waals surface area contributed by atoms with Crippen molar-refractivity contribution >= 4 is 41.4 Å². The van der Waals surface area contributed by atoms with Gasteiger partial charge in [-0.1, -0.05) is 83.2 Å². The van der Waals surface area contributed by atoms with Crippen LogP contribution in [0.3, 0.4) is 0 Å². The topological polar surface area (TPSA) is 134 Å². The molecular formula is C36H54N4O6S. The summed E-state index contributed by atoms with van der Waals surface area (Å²) in [5.74, 6) is -2.45. The minimum Gasteiger partial charge on any atom is -0.444 e. The number of hydrogen-bond acceptors (Lipinski definition) is 7. The van der Waals surface area contributed by atoms with Crippen LogP contribution in [0, 0.1) is 17.3 Å². The van der Waals surface area contributed by atoms with Crippen LogP contribution in [-0.2, 0) is 30.3 Å². The number of nitrogens with one attached hydrogen (secondary N) is 3. The van der Waals surface area contributed by atoms with E-state index in [2.05, 4.69) is 29.1 Å². The fourth-order valence-corrected chi connectivity index (χ4v) is 6.15. The Balaban J connectivity index is 2.20. The van der Waals surface area contributed by atoms with Gasteiger partial charge in [-0.25, -0.2) is 4.79 Å². The van der Waals surface area contributed by atoms with Crippen molar-refractivity contribution in [1.82, 2.24) is 20.9 Å². The number of benzene rings is 1. The Morgan fingerprint density at radius 3 is 2.23 bits per heavy atom. The number of hydrogen-bond donors (Lipinski definition) is 3. The molecule has 1 unspecified atom stereocenters. The maximum absolute atomic E-state index is 14.1. The second kappa shape index (κ2) is 17.5. The SMILES string of the molecule is C=CCSC(NC(=O)[C@@H]1[C@@H](C(C)C)CCN1C(=O)[C@@H](NC(=O)OC(C)(C)C)C(C)(C)C)C(=O)C(=O)NCC(=C)CCc1ccccc1. The number of thioether (sulfide) groups is 1. The zero-order valence-corrected chi connectivity index (χ0v) is 30.1. The molecule has 3 N–H and O–H groups in total. The number of carbonyl (C=O) groups excluding carboxylic acids is 5. The number of ether oxygens (including phenoxy) is 1. The van der Waals surface area contributed by atoms with E-state index in [1.165, 1.54) is 4.90 Å². The Morgan fingerprint density at radius 1 is 1.04 bits per heavy atom. The maximum atomic E-state index is 14.1. The smallest absolute Gasteiger partial charge is 0.408 e. The van der Waals surface area contributed by atoms with Crippen LogP contribution >= 0.6 is 11.8 Å². The Kier molecular flexibility index (Phi) is 14.8. The monoisotopic (exact) mass is 670 g/mol. The average molecular weight is 671 g/mol. The summed E-state index contributed by atoms with van der Waals surface area (Å²) in [4.78, 5) is 68.6. The molecule has 1 aromatic carbocycles. The van der Waals surface area contributed by atoms with Gasteiger partial charge in [0.2, 0.25) is 11.8 Å². The van der Waals surface area contributed by atoms with Gasteiger partial charge in [0, 0.05) is 18.8 Å². The Bertz CT molecular complexity index is 1280. The lowest BCUT2D eigenvalue weighted by atomic mass is 9.85. The second-order valence-corrected chi connectivity index (χ2v) is 15.5. The molecule has 1 heterocycles. The molecule has 0 aliphatic carbocycles. The first kappa shape index (κ1) is 39.6. The van der Waals surface area contributed by atoms with Gasteiger partial charge in [-0.15, -0.1) is 18.3 Å². The quantitative estimate of drug-likeness (QED) is 0.135. The molecule has 0 saturated carbocycles. The molecule has 4 amide bonds. The van der Waals surface area contributed by atoms with E-state index in [-0.39, 0.29) is 18.4 Å². The fourth-order valence-electron chi connectivity index (χ4n) is 5.36. The number of alkyl carbamates (subject to hydrolysis) is 1. The number of rotatable bonds is 15. The van der Waals surface area contributed by atoms with Crippen LogP contribution in [0.5, 0.6) is 0 Å². The molecule has 11 heteroatoms. The standard InChI is InChI=1S/C36H54N4O6S/c1-11-21-47-32(28(41)31(43)37-22-24(4)17-18-25-15-13-12-14-16-25)39-30(42)27-26(23(2)3)19-20-40(27)33(44)29(35(5,6)7)38-34(45)46-36(8,9)10/h11-16,23,26-27,29,32H,1,4,17-22H2,2-3,5-10H3,(H,37,43)(H,38,45)(H,39,42)/t26-,27+,29-,32?/m1/s1. The van der Waals surface area contributed by atoms with E-state index in [0.717, 1.165) is 29.3 Å². The van der Waals surface area contributed by atoms with E-state index in [9.17, 15) is 24.0 Å². The van der Waals surface area contributed by atoms with Crippen LogP contribution in [0.2, 0.25) is 0 Å². The number of likely N-dealkylation sites (tertiary alicyclic amines) is 1. The van der Waals surface area contributed by atoms with Crippen molar-refractivity contribution in [2.75, 3.05) is 18.8 Å². The third-order valence-corrected chi connectivity index (χ3v) is 8.95. The molecule has 10 nitrogen and oxygen atoms in total. The van der Waals surface area contributed by atoms with Crippen molar-refractivity contribution < 1.29 is 28.7 Å². The van der Waals surface area contributed by atoms with E-state index >= 15 is 0 Å². The van der Waals surface area contributed by atoms with Gasteiger partial charge in [0.1, 0.15) is 23.1 Å². The molecule has 1 aliphatic rings. The molecule has 260 valence electrons. The highest BCUT2D eigenvalue weighted by atomic mass is 32.2. The first-order valence-electron chi connectivity index (χ1n) is 16.2. The summed E-state index contributed by atoms with van der Waals surface area (Å²) in [6.07, 6.45) is 2.82. The normalized spacial score (nSPS) is 17.8. The first-order chi connectivity index (χ1) is 21.9. The summed E-state index contributed by atoms with van der Waals surface area (Å²) in [6, 6.07) is 8.01. The van der Waals surface area contributed by atoms with Gasteiger partial charge in [-0.05, 0) is 62.8 Å². The van der Waals surface area contributed by atoms with Gasteiger partial charge in [0.15, 0.2) is 0 Å². The van der Waals surface area contributed by atoms with Crippen LogP contribution in [0.1, 0.15) is 73.8 Å². The van der Waals surface area contributed by atoms with Crippen molar-refractivity contribution in [2.45, 2.75) is 97.7 Å². The van der Waals surface area contributed by atoms with Gasteiger partial charge in [-0.3, -0.25) is 19.2 Å². The van der Waals surface area contributed by atoms with E-state index in [1.54, 1.807) is 26.8 Å². The summed E-state index contributed by atoms with van der Waals surface area (Å²) in [5.41, 5.74) is 0.448. The molecule has 1 fully saturated rings. The van der Waals surface area contributed by atoms with E-state index in [1.807, 2.05) is 65.0 Å². The Morgan fingerprint density at radius 2 is 1.68 bits per heavy atom. The van der Waals surface area contributed by atoms with Crippen LogP contribution in [0.4, 0.5) is 4.79 Å². The zero-order chi connectivity index (χ0) is 35.5. The average Bonchev–Trinajstić information content (AvgIpc) is 3.44. The van der Waals surface area contributed by atoms with Gasteiger partial charge in [0.05, 0.1) is 0 Å². The predicted octanol–water partition coefficient (Wildman–Crippen LogP) is 5.03. The number of Topliss-reactive ketones (excluding diaryl/α,β-unsaturated/α-hetero) is 1. The number of nitrogens with zero attached hydrogens (tertiary/aromatic N) is 1. The lowest BCUT2D eigenvalue weighted by Crippen LogP contribution is -2.60. The molecule has 0 aromatic heterocycles. The number of aryl methyl sites for hydroxylation is 1. The molecule has 1 aromatic rings. The lowest BCUT2D eigenvalue weighted by Gasteiger charge is -2.37. The maximum Gasteiger partial charge on any atom is 0.408 e. The Hall–Kier alpha value is -3.60. The molecular weight excluding hydrogens is 616 g/mol. The molecule has 1 saturated heterocycles. The molecule has 4 atom stereocenters. The molecule has 2 rings (SSSR count). The minimum absolute atomic E-state index is 0.0376. The fraction of sp³-hybridized carbons (Fsp3) is 0.583. The minimum atomic E-state index is -1.19. The van der Waals surface area contributed by atoms with E-state index < -0.39 is 58.1 Å². The first-order valence-corrected chi connectivity index (χ1v) is 17.3. The lowest BCUT2D eigenvalue weighted by molar-refractivity contribution is -0.144. The number of ketones is 1. The molecule has 0 bridgehead atoms. The van der Waals surface area contributed by atoms with Crippen LogP contribution in [-0.4, -0.2) is 76.4 Å². The van der Waals surface area contributed by atoms with Gasteiger partial charge < -0.3 is 25.6 Å². The van der Waals surface area contributed by atoms with Crippen molar-refractivity contribution in [3.8, 4) is 0 Å². The van der Waals surface area contributed by atoms with Crippen LogP contribution in [0.25, 0.3) is 0 Å². The van der Waals surface area contributed by atoms with E-state index in [4.69, 9.17) is 4.74 Å². The molecule has 0 spiro atoms. The molecule has 0 radical (unpaired) electrons. The van der Waals surface area contributed by atoms with Crippen molar-refractivity contribution in [3.63, 3.8) is 0 Å². The van der Waals surface area contributed by atoms with Crippen LogP contribution < -0.4 is 16.0 Å². The summed E-state index contributed by atoms with van der Waals surface area (Å²) in [7, 11) is 0. The predicted molar refractivity (Wildman–Crippen MR) is 188 cm³/mol. The zero-order valence-electron chi connectivity index (χ0n) is 29.3. The van der Waals surface area contributed by atoms with Crippen LogP contribution in [0.15, 0.2) is 55.1 Å². The van der Waals surface area contributed by atoms with Crippen molar-refractivity contribution in [2.24, 2.45) is 17.3 Å². The van der Waals surface area contributed by atoms with Crippen molar-refractivity contribution in [3.05, 3.63) is 60.7 Å². The highest BCUT2D eigenvalue weighted by molar-refractivity contribution is 8.00. The highest BCUT2D eigenvalue weighted by Gasteiger charge is 2.48. The summed E-state index contributed by atoms with van der Waals surface area (Å²) < 4.78 is 5.43. The number of carbonyl (C=O) groups is 5. The summed E-state index contributed by atoms with van der Waals surface area (Å²) >= 11 is 1.07. The molecule has 47 heavy (non-hydrogen) atoms. The van der Waals surface area contributed by atoms with E-state index in [0.29, 0.717) is 25.1 Å². The van der Waals surface area contributed by atoms with Gasteiger partial charge >= 0.3 is 6.09 Å².